The fourth-order valence-electron chi connectivity index (χ4n) is 4.78. The molecule has 3 heteroatoms. The topological polar surface area (TPSA) is 32.7 Å². The third kappa shape index (κ3) is 3.19. The van der Waals surface area contributed by atoms with Crippen molar-refractivity contribution in [2.45, 2.75) is 37.3 Å². The molecule has 3 atom stereocenters. The summed E-state index contributed by atoms with van der Waals surface area (Å²) in [5.74, 6) is 1.40. The van der Waals surface area contributed by atoms with E-state index in [-0.39, 0.29) is 6.04 Å². The molecule has 3 aliphatic rings. The first-order chi connectivity index (χ1) is 12.2. The molecule has 3 unspecified atom stereocenters. The van der Waals surface area contributed by atoms with Gasteiger partial charge in [-0.25, -0.2) is 0 Å². The lowest BCUT2D eigenvalue weighted by Crippen LogP contribution is -2.61. The van der Waals surface area contributed by atoms with Gasteiger partial charge in [-0.15, -0.1) is 0 Å². The van der Waals surface area contributed by atoms with Crippen LogP contribution in [-0.4, -0.2) is 36.2 Å². The van der Waals surface area contributed by atoms with Crippen LogP contribution < -0.4 is 4.74 Å². The number of piperidine rings is 2. The highest BCUT2D eigenvalue weighted by molar-refractivity contribution is 5.34. The van der Waals surface area contributed by atoms with Crippen LogP contribution in [0.1, 0.15) is 30.4 Å². The lowest BCUT2D eigenvalue weighted by molar-refractivity contribution is -0.137. The zero-order valence-corrected chi connectivity index (χ0v) is 14.9. The van der Waals surface area contributed by atoms with Crippen LogP contribution in [0.2, 0.25) is 0 Å². The summed E-state index contributed by atoms with van der Waals surface area (Å²) in [6.45, 7) is 2.13. The molecule has 0 amide bonds. The Morgan fingerprint density at radius 2 is 1.96 bits per heavy atom. The predicted octanol–water partition coefficient (Wildman–Crippen LogP) is 3.61. The van der Waals surface area contributed by atoms with Gasteiger partial charge >= 0.3 is 0 Å². The maximum absolute atomic E-state index is 11.6. The molecule has 2 aromatic carbocycles. The maximum Gasteiger partial charge on any atom is 0.119 e. The molecular formula is C22H27NO2. The van der Waals surface area contributed by atoms with Crippen molar-refractivity contribution in [1.82, 2.24) is 4.90 Å². The van der Waals surface area contributed by atoms with E-state index in [0.29, 0.717) is 5.92 Å². The van der Waals surface area contributed by atoms with Crippen LogP contribution in [0.4, 0.5) is 0 Å². The van der Waals surface area contributed by atoms with Crippen LogP contribution in [0.5, 0.6) is 5.75 Å². The predicted molar refractivity (Wildman–Crippen MR) is 99.7 cm³/mol. The van der Waals surface area contributed by atoms with Gasteiger partial charge in [-0.3, -0.25) is 4.90 Å². The molecule has 2 bridgehead atoms. The van der Waals surface area contributed by atoms with E-state index in [1.165, 1.54) is 12.0 Å². The monoisotopic (exact) mass is 337 g/mol. The van der Waals surface area contributed by atoms with E-state index in [0.717, 1.165) is 43.7 Å². The van der Waals surface area contributed by atoms with Crippen molar-refractivity contribution < 1.29 is 9.84 Å². The van der Waals surface area contributed by atoms with Crippen molar-refractivity contribution >= 4 is 0 Å². The molecule has 132 valence electrons. The van der Waals surface area contributed by atoms with Gasteiger partial charge in [-0.2, -0.15) is 0 Å². The zero-order valence-electron chi connectivity index (χ0n) is 14.9. The van der Waals surface area contributed by atoms with E-state index >= 15 is 0 Å². The van der Waals surface area contributed by atoms with Gasteiger partial charge in [0.2, 0.25) is 0 Å². The number of nitrogens with zero attached hydrogens (tertiary/aromatic N) is 1. The van der Waals surface area contributed by atoms with Gasteiger partial charge in [0.1, 0.15) is 11.4 Å². The third-order valence-corrected chi connectivity index (χ3v) is 6.03. The van der Waals surface area contributed by atoms with E-state index in [2.05, 4.69) is 41.3 Å². The van der Waals surface area contributed by atoms with Gasteiger partial charge in [0, 0.05) is 19.1 Å². The second kappa shape index (κ2) is 6.81. The highest BCUT2D eigenvalue weighted by Crippen LogP contribution is 2.47. The van der Waals surface area contributed by atoms with Gasteiger partial charge < -0.3 is 9.84 Å². The SMILES string of the molecule is COc1cccc(C2(O)CC3CCC2N(CCc2ccccc2)C3)c1. The lowest BCUT2D eigenvalue weighted by atomic mass is 9.67. The number of hydrogen-bond donors (Lipinski definition) is 1. The number of hydrogen-bond acceptors (Lipinski definition) is 3. The fraction of sp³-hybridized carbons (Fsp3) is 0.455. The third-order valence-electron chi connectivity index (χ3n) is 6.03. The largest absolute Gasteiger partial charge is 0.497 e. The first-order valence-electron chi connectivity index (χ1n) is 9.34. The highest BCUT2D eigenvalue weighted by atomic mass is 16.5. The summed E-state index contributed by atoms with van der Waals surface area (Å²) in [6, 6.07) is 18.8. The van der Waals surface area contributed by atoms with E-state index in [9.17, 15) is 5.11 Å². The second-order valence-electron chi connectivity index (χ2n) is 7.55. The average Bonchev–Trinajstić information content (AvgIpc) is 2.67. The minimum absolute atomic E-state index is 0.202. The Labute approximate surface area is 150 Å². The van der Waals surface area contributed by atoms with Gasteiger partial charge in [-0.1, -0.05) is 42.5 Å². The Bertz CT molecular complexity index is 717. The lowest BCUT2D eigenvalue weighted by Gasteiger charge is -2.55. The number of ether oxygens (including phenoxy) is 1. The van der Waals surface area contributed by atoms with Gasteiger partial charge in [0.15, 0.2) is 0 Å². The molecule has 0 aromatic heterocycles. The van der Waals surface area contributed by atoms with Crippen LogP contribution in [0.15, 0.2) is 54.6 Å². The molecule has 25 heavy (non-hydrogen) atoms. The molecule has 0 spiro atoms. The molecule has 3 nitrogen and oxygen atoms in total. The minimum Gasteiger partial charge on any atom is -0.497 e. The average molecular weight is 337 g/mol. The zero-order chi connectivity index (χ0) is 17.3. The normalized spacial score (nSPS) is 28.9. The number of rotatable bonds is 5. The molecule has 2 aliphatic heterocycles. The summed E-state index contributed by atoms with van der Waals surface area (Å²) >= 11 is 0. The number of aliphatic hydroxyl groups is 1. The Balaban J connectivity index is 1.55. The first-order valence-corrected chi connectivity index (χ1v) is 9.34. The standard InChI is InChI=1S/C22H27NO2/c1-25-20-9-5-8-19(14-20)22(24)15-18-10-11-21(22)23(16-18)13-12-17-6-3-2-4-7-17/h2-9,14,18,21,24H,10-13,15-16H2,1H3. The van der Waals surface area contributed by atoms with Crippen LogP contribution >= 0.6 is 0 Å². The Morgan fingerprint density at radius 1 is 1.12 bits per heavy atom. The molecule has 1 N–H and O–H groups in total. The summed E-state index contributed by atoms with van der Waals surface area (Å²) < 4.78 is 5.38. The summed E-state index contributed by atoms with van der Waals surface area (Å²) in [6.07, 6.45) is 4.22. The highest BCUT2D eigenvalue weighted by Gasteiger charge is 2.50. The van der Waals surface area contributed by atoms with E-state index < -0.39 is 5.60 Å². The smallest absolute Gasteiger partial charge is 0.119 e. The number of methoxy groups -OCH3 is 1. The molecular weight excluding hydrogens is 310 g/mol. The maximum atomic E-state index is 11.6. The first kappa shape index (κ1) is 16.6. The Hall–Kier alpha value is -1.84. The van der Waals surface area contributed by atoms with Crippen LogP contribution in [-0.2, 0) is 12.0 Å². The van der Waals surface area contributed by atoms with Crippen molar-refractivity contribution in [2.75, 3.05) is 20.2 Å². The van der Waals surface area contributed by atoms with E-state index in [4.69, 9.17) is 4.74 Å². The molecule has 5 rings (SSSR count). The fourth-order valence-corrected chi connectivity index (χ4v) is 4.78. The molecule has 2 aromatic rings. The molecule has 3 fully saturated rings. The number of fused-ring (bicyclic) bond motifs is 3. The van der Waals surface area contributed by atoms with Crippen molar-refractivity contribution in [3.8, 4) is 5.75 Å². The van der Waals surface area contributed by atoms with Crippen LogP contribution in [0, 0.1) is 5.92 Å². The van der Waals surface area contributed by atoms with E-state index in [1.54, 1.807) is 7.11 Å². The Morgan fingerprint density at radius 3 is 2.72 bits per heavy atom. The summed E-state index contributed by atoms with van der Waals surface area (Å²) in [5, 5.41) is 11.6. The van der Waals surface area contributed by atoms with Gasteiger partial charge in [-0.05, 0) is 54.9 Å². The summed E-state index contributed by atoms with van der Waals surface area (Å²) in [5.41, 5.74) is 1.62. The summed E-state index contributed by atoms with van der Waals surface area (Å²) in [7, 11) is 1.68. The van der Waals surface area contributed by atoms with Crippen molar-refractivity contribution in [1.29, 1.82) is 0 Å². The van der Waals surface area contributed by atoms with E-state index in [1.807, 2.05) is 18.2 Å². The molecule has 2 saturated heterocycles. The van der Waals surface area contributed by atoms with Gasteiger partial charge in [0.05, 0.1) is 7.11 Å². The molecule has 2 heterocycles. The van der Waals surface area contributed by atoms with Gasteiger partial charge in [0.25, 0.3) is 0 Å². The van der Waals surface area contributed by atoms with Crippen molar-refractivity contribution in [3.05, 3.63) is 65.7 Å². The Kier molecular flexibility index (Phi) is 4.53. The second-order valence-corrected chi connectivity index (χ2v) is 7.55. The van der Waals surface area contributed by atoms with Crippen LogP contribution in [0.25, 0.3) is 0 Å². The summed E-state index contributed by atoms with van der Waals surface area (Å²) in [4.78, 5) is 2.52. The molecule has 0 radical (unpaired) electrons. The van der Waals surface area contributed by atoms with Crippen molar-refractivity contribution in [3.63, 3.8) is 0 Å². The van der Waals surface area contributed by atoms with Crippen molar-refractivity contribution in [2.24, 2.45) is 5.92 Å². The number of benzene rings is 2. The van der Waals surface area contributed by atoms with Crippen LogP contribution in [0.3, 0.4) is 0 Å². The molecule has 1 saturated carbocycles. The minimum atomic E-state index is -0.758. The molecule has 1 aliphatic carbocycles. The quantitative estimate of drug-likeness (QED) is 0.905.